The monoisotopic (exact) mass is 289 g/mol. The Balaban J connectivity index is 1.68. The molecule has 20 heavy (non-hydrogen) atoms. The van der Waals surface area contributed by atoms with Crippen molar-refractivity contribution in [3.05, 3.63) is 18.6 Å². The molecular weight excluding hydrogens is 274 g/mol. The number of anilines is 1. The number of thiol groups is 1. The van der Waals surface area contributed by atoms with Gasteiger partial charge < -0.3 is 14.8 Å². The summed E-state index contributed by atoms with van der Waals surface area (Å²) in [5.74, 6) is 0.953. The van der Waals surface area contributed by atoms with Gasteiger partial charge in [0.1, 0.15) is 17.8 Å². The van der Waals surface area contributed by atoms with E-state index in [2.05, 4.69) is 32.5 Å². The van der Waals surface area contributed by atoms with Crippen LogP contribution in [-0.2, 0) is 0 Å². The van der Waals surface area contributed by atoms with Crippen LogP contribution in [0.25, 0.3) is 11.0 Å². The Kier molecular flexibility index (Phi) is 2.47. The van der Waals surface area contributed by atoms with Crippen LogP contribution in [0, 0.1) is 0 Å². The second-order valence-corrected chi connectivity index (χ2v) is 5.90. The topological polar surface area (TPSA) is 65.1 Å². The van der Waals surface area contributed by atoms with E-state index >= 15 is 0 Å². The molecule has 4 rings (SSSR count). The number of aromatic amines is 1. The van der Waals surface area contributed by atoms with Gasteiger partial charge in [0.2, 0.25) is 0 Å². The van der Waals surface area contributed by atoms with Crippen LogP contribution >= 0.6 is 12.6 Å². The zero-order valence-electron chi connectivity index (χ0n) is 10.9. The number of nitrogens with zero attached hydrogens (tertiary/aromatic N) is 4. The normalized spacial score (nSPS) is 20.6. The van der Waals surface area contributed by atoms with Crippen molar-refractivity contribution >= 4 is 34.7 Å². The van der Waals surface area contributed by atoms with Crippen LogP contribution in [0.3, 0.4) is 0 Å². The van der Waals surface area contributed by atoms with Crippen LogP contribution in [0.1, 0.15) is 12.8 Å². The maximum atomic E-state index is 11.6. The van der Waals surface area contributed by atoms with E-state index in [4.69, 9.17) is 0 Å². The van der Waals surface area contributed by atoms with Crippen LogP contribution in [0.2, 0.25) is 0 Å². The number of amides is 1. The van der Waals surface area contributed by atoms with Gasteiger partial charge in [-0.25, -0.2) is 9.97 Å². The zero-order chi connectivity index (χ0) is 13.7. The molecule has 1 saturated carbocycles. The molecule has 2 aromatic heterocycles. The minimum absolute atomic E-state index is 0.0232. The smallest absolute Gasteiger partial charge is 0.279 e. The van der Waals surface area contributed by atoms with E-state index in [1.807, 2.05) is 17.2 Å². The fourth-order valence-corrected chi connectivity index (χ4v) is 3.45. The molecule has 3 heterocycles. The predicted octanol–water partition coefficient (Wildman–Crippen LogP) is 1.66. The average Bonchev–Trinajstić information content (AvgIpc) is 3.03. The van der Waals surface area contributed by atoms with Crippen LogP contribution < -0.4 is 4.90 Å². The molecule has 0 radical (unpaired) electrons. The van der Waals surface area contributed by atoms with Gasteiger partial charge in [-0.05, 0) is 18.9 Å². The molecular formula is C13H15N5OS. The largest absolute Gasteiger partial charge is 0.352 e. The Bertz CT molecular complexity index is 680. The number of carbonyl (C=O) groups is 1. The predicted molar refractivity (Wildman–Crippen MR) is 79.2 cm³/mol. The number of aromatic nitrogens is 3. The molecule has 1 spiro atoms. The molecule has 0 aromatic carbocycles. The number of rotatable bonds is 1. The first-order valence-electron chi connectivity index (χ1n) is 6.73. The second kappa shape index (κ2) is 4.12. The first-order valence-corrected chi connectivity index (χ1v) is 7.18. The van der Waals surface area contributed by atoms with Gasteiger partial charge in [-0.15, -0.1) is 0 Å². The third kappa shape index (κ3) is 1.69. The highest BCUT2D eigenvalue weighted by atomic mass is 32.1. The van der Waals surface area contributed by atoms with Crippen molar-refractivity contribution in [2.45, 2.75) is 18.4 Å². The standard InChI is InChI=1S/C13H15N5OS/c19-12(20)18-6-5-17(7-13(18)2-3-13)11-9-1-4-14-10(9)15-8-16-11/h1,4,8H,2-3,5-7H2,(H,19,20)(H,14,15,16). The molecule has 104 valence electrons. The molecule has 2 aromatic rings. The summed E-state index contributed by atoms with van der Waals surface area (Å²) in [6, 6.07) is 2.00. The second-order valence-electron chi connectivity index (χ2n) is 5.52. The van der Waals surface area contributed by atoms with Crippen LogP contribution in [0.4, 0.5) is 10.6 Å². The highest BCUT2D eigenvalue weighted by Crippen LogP contribution is 2.45. The van der Waals surface area contributed by atoms with Crippen LogP contribution in [0.15, 0.2) is 18.6 Å². The molecule has 2 aliphatic rings. The minimum Gasteiger partial charge on any atom is -0.352 e. The number of hydrogen-bond donors (Lipinski definition) is 2. The fourth-order valence-electron chi connectivity index (χ4n) is 3.14. The quantitative estimate of drug-likeness (QED) is 0.784. The molecule has 1 saturated heterocycles. The van der Waals surface area contributed by atoms with Crippen molar-refractivity contribution in [2.75, 3.05) is 24.5 Å². The minimum atomic E-state index is -0.114. The van der Waals surface area contributed by atoms with E-state index in [1.165, 1.54) is 0 Å². The first kappa shape index (κ1) is 12.0. The number of carbonyl (C=O) groups excluding carboxylic acids is 1. The molecule has 1 N–H and O–H groups in total. The summed E-state index contributed by atoms with van der Waals surface area (Å²) in [5.41, 5.74) is 0.831. The lowest BCUT2D eigenvalue weighted by Gasteiger charge is -2.42. The number of fused-ring (bicyclic) bond motifs is 1. The van der Waals surface area contributed by atoms with Crippen LogP contribution in [-0.4, -0.2) is 50.3 Å². The molecule has 0 atom stereocenters. The number of nitrogens with one attached hydrogen (secondary N) is 1. The Labute approximate surface area is 121 Å². The summed E-state index contributed by atoms with van der Waals surface area (Å²) in [6.45, 7) is 2.32. The molecule has 6 nitrogen and oxygen atoms in total. The third-order valence-electron chi connectivity index (χ3n) is 4.34. The van der Waals surface area contributed by atoms with Gasteiger partial charge in [0, 0.05) is 25.8 Å². The van der Waals surface area contributed by atoms with Crippen molar-refractivity contribution in [3.63, 3.8) is 0 Å². The summed E-state index contributed by atoms with van der Waals surface area (Å²) in [7, 11) is 0. The lowest BCUT2D eigenvalue weighted by Crippen LogP contribution is -2.56. The van der Waals surface area contributed by atoms with Crippen LogP contribution in [0.5, 0.6) is 0 Å². The van der Waals surface area contributed by atoms with Gasteiger partial charge in [0.15, 0.2) is 0 Å². The summed E-state index contributed by atoms with van der Waals surface area (Å²) in [6.07, 6.45) is 5.57. The maximum Gasteiger partial charge on any atom is 0.279 e. The Morgan fingerprint density at radius 2 is 2.20 bits per heavy atom. The molecule has 0 unspecified atom stereocenters. The first-order chi connectivity index (χ1) is 9.70. The van der Waals surface area contributed by atoms with Crippen molar-refractivity contribution in [1.29, 1.82) is 0 Å². The molecule has 7 heteroatoms. The zero-order valence-corrected chi connectivity index (χ0v) is 11.8. The van der Waals surface area contributed by atoms with E-state index in [9.17, 15) is 4.79 Å². The van der Waals surface area contributed by atoms with E-state index in [-0.39, 0.29) is 10.8 Å². The Morgan fingerprint density at radius 1 is 1.35 bits per heavy atom. The number of hydrogen-bond acceptors (Lipinski definition) is 4. The van der Waals surface area contributed by atoms with E-state index < -0.39 is 0 Å². The maximum absolute atomic E-state index is 11.6. The molecule has 1 aliphatic heterocycles. The van der Waals surface area contributed by atoms with Gasteiger partial charge in [-0.2, -0.15) is 0 Å². The summed E-state index contributed by atoms with van der Waals surface area (Å²) in [5, 5.41) is 0.922. The highest BCUT2D eigenvalue weighted by molar-refractivity contribution is 7.96. The molecule has 2 fully saturated rings. The molecule has 0 bridgehead atoms. The van der Waals surface area contributed by atoms with Gasteiger partial charge in [0.25, 0.3) is 5.24 Å². The average molecular weight is 289 g/mol. The summed E-state index contributed by atoms with van der Waals surface area (Å²) >= 11 is 4.00. The lowest BCUT2D eigenvalue weighted by atomic mass is 10.1. The Hall–Kier alpha value is -1.76. The SMILES string of the molecule is O=C(S)N1CCN(c2ncnc3[nH]ccc23)CC12CC2. The van der Waals surface area contributed by atoms with Gasteiger partial charge >= 0.3 is 0 Å². The van der Waals surface area contributed by atoms with Crippen molar-refractivity contribution in [1.82, 2.24) is 19.9 Å². The third-order valence-corrected chi connectivity index (χ3v) is 4.58. The van der Waals surface area contributed by atoms with E-state index in [0.29, 0.717) is 6.54 Å². The van der Waals surface area contributed by atoms with Gasteiger partial charge in [0.05, 0.1) is 10.9 Å². The molecule has 1 aliphatic carbocycles. The Morgan fingerprint density at radius 3 is 2.95 bits per heavy atom. The van der Waals surface area contributed by atoms with Crippen molar-refractivity contribution in [3.8, 4) is 0 Å². The van der Waals surface area contributed by atoms with Crippen molar-refractivity contribution in [2.24, 2.45) is 0 Å². The van der Waals surface area contributed by atoms with Crippen molar-refractivity contribution < 1.29 is 4.79 Å². The number of piperazine rings is 1. The molecule has 1 amide bonds. The summed E-state index contributed by atoms with van der Waals surface area (Å²) < 4.78 is 0. The van der Waals surface area contributed by atoms with Gasteiger partial charge in [-0.3, -0.25) is 4.79 Å². The van der Waals surface area contributed by atoms with E-state index in [0.717, 1.165) is 42.8 Å². The summed E-state index contributed by atoms with van der Waals surface area (Å²) in [4.78, 5) is 27.5. The highest BCUT2D eigenvalue weighted by Gasteiger charge is 2.53. The van der Waals surface area contributed by atoms with E-state index in [1.54, 1.807) is 6.33 Å². The van der Waals surface area contributed by atoms with Gasteiger partial charge in [-0.1, -0.05) is 12.6 Å². The number of H-pyrrole nitrogens is 1. The fraction of sp³-hybridized carbons (Fsp3) is 0.462. The lowest BCUT2D eigenvalue weighted by molar-refractivity contribution is 0.180.